The molecule has 1 fully saturated rings. The van der Waals surface area contributed by atoms with E-state index in [9.17, 15) is 4.79 Å². The van der Waals surface area contributed by atoms with Gasteiger partial charge in [-0.15, -0.1) is 5.10 Å². The van der Waals surface area contributed by atoms with Gasteiger partial charge >= 0.3 is 5.69 Å². The maximum atomic E-state index is 11.4. The molecule has 7 heteroatoms. The summed E-state index contributed by atoms with van der Waals surface area (Å²) in [5.74, 6) is 1.32. The predicted octanol–water partition coefficient (Wildman–Crippen LogP) is 0.256. The monoisotopic (exact) mass is 249 g/mol. The van der Waals surface area contributed by atoms with Gasteiger partial charge in [0.25, 0.3) is 0 Å². The zero-order valence-corrected chi connectivity index (χ0v) is 9.93. The number of nitrogens with zero attached hydrogens (tertiary/aromatic N) is 3. The normalized spacial score (nSPS) is 19.4. The van der Waals surface area contributed by atoms with Crippen molar-refractivity contribution in [3.63, 3.8) is 0 Å². The molecule has 0 aliphatic carbocycles. The van der Waals surface area contributed by atoms with E-state index >= 15 is 0 Å². The Morgan fingerprint density at radius 1 is 1.56 bits per heavy atom. The number of ether oxygens (including phenoxy) is 1. The zero-order valence-electron chi connectivity index (χ0n) is 9.93. The molecule has 3 heterocycles. The lowest BCUT2D eigenvalue weighted by atomic mass is 10.1. The molecule has 1 aliphatic rings. The van der Waals surface area contributed by atoms with Crippen molar-refractivity contribution in [2.45, 2.75) is 12.8 Å². The molecule has 2 aromatic rings. The lowest BCUT2D eigenvalue weighted by Crippen LogP contribution is -2.15. The second-order valence-corrected chi connectivity index (χ2v) is 4.46. The molecular formula is C11H15N5O2. The number of rotatable bonds is 4. The van der Waals surface area contributed by atoms with Crippen molar-refractivity contribution in [2.24, 2.45) is 5.92 Å². The van der Waals surface area contributed by atoms with Crippen LogP contribution < -0.4 is 11.0 Å². The van der Waals surface area contributed by atoms with Gasteiger partial charge in [-0.2, -0.15) is 9.61 Å². The summed E-state index contributed by atoms with van der Waals surface area (Å²) < 4.78 is 6.57. The van der Waals surface area contributed by atoms with Gasteiger partial charge < -0.3 is 10.1 Å². The summed E-state index contributed by atoms with van der Waals surface area (Å²) in [6, 6.07) is 3.58. The summed E-state index contributed by atoms with van der Waals surface area (Å²) in [7, 11) is 0. The lowest BCUT2D eigenvalue weighted by molar-refractivity contribution is 0.185. The first-order chi connectivity index (χ1) is 8.83. The second kappa shape index (κ2) is 4.77. The van der Waals surface area contributed by atoms with Gasteiger partial charge in [0.05, 0.1) is 0 Å². The van der Waals surface area contributed by atoms with Crippen LogP contribution >= 0.6 is 0 Å². The van der Waals surface area contributed by atoms with Crippen molar-refractivity contribution in [1.29, 1.82) is 0 Å². The standard InChI is InChI=1S/C11H15N5O2/c17-11-14-13-10-2-1-9(15-16(10)11)12-5-3-8-4-6-18-7-8/h1-2,8H,3-7H2,(H,12,15)(H,14,17). The van der Waals surface area contributed by atoms with Gasteiger partial charge in [0.2, 0.25) is 0 Å². The van der Waals surface area contributed by atoms with E-state index in [2.05, 4.69) is 20.6 Å². The average molecular weight is 249 g/mol. The van der Waals surface area contributed by atoms with Crippen LogP contribution in [0.5, 0.6) is 0 Å². The Labute approximate surface area is 103 Å². The van der Waals surface area contributed by atoms with E-state index in [-0.39, 0.29) is 5.69 Å². The Bertz CT molecular complexity index is 584. The van der Waals surface area contributed by atoms with E-state index in [1.807, 2.05) is 6.07 Å². The first kappa shape index (κ1) is 11.2. The van der Waals surface area contributed by atoms with Crippen LogP contribution in [-0.4, -0.2) is 39.6 Å². The summed E-state index contributed by atoms with van der Waals surface area (Å²) in [5, 5.41) is 13.6. The van der Waals surface area contributed by atoms with E-state index in [4.69, 9.17) is 4.74 Å². The van der Waals surface area contributed by atoms with Gasteiger partial charge in [0.1, 0.15) is 5.82 Å². The molecule has 2 aromatic heterocycles. The molecule has 0 spiro atoms. The molecule has 96 valence electrons. The molecule has 1 atom stereocenters. The Balaban J connectivity index is 1.63. The van der Waals surface area contributed by atoms with Crippen LogP contribution in [0.15, 0.2) is 16.9 Å². The lowest BCUT2D eigenvalue weighted by Gasteiger charge is -2.08. The van der Waals surface area contributed by atoms with Crippen LogP contribution in [0.25, 0.3) is 5.65 Å². The third-order valence-electron chi connectivity index (χ3n) is 3.16. The number of anilines is 1. The first-order valence-electron chi connectivity index (χ1n) is 6.09. The van der Waals surface area contributed by atoms with Crippen LogP contribution in [0.3, 0.4) is 0 Å². The quantitative estimate of drug-likeness (QED) is 0.811. The fraction of sp³-hybridized carbons (Fsp3) is 0.545. The van der Waals surface area contributed by atoms with Gasteiger partial charge in [-0.05, 0) is 30.9 Å². The number of H-pyrrole nitrogens is 1. The summed E-state index contributed by atoms with van der Waals surface area (Å²) in [6.07, 6.45) is 2.19. The number of fused-ring (bicyclic) bond motifs is 1. The molecule has 0 aromatic carbocycles. The molecule has 1 saturated heterocycles. The van der Waals surface area contributed by atoms with Crippen LogP contribution in [-0.2, 0) is 4.74 Å². The van der Waals surface area contributed by atoms with Crippen LogP contribution in [0.2, 0.25) is 0 Å². The molecule has 3 rings (SSSR count). The van der Waals surface area contributed by atoms with Crippen molar-refractivity contribution in [1.82, 2.24) is 19.8 Å². The highest BCUT2D eigenvalue weighted by Gasteiger charge is 2.14. The summed E-state index contributed by atoms with van der Waals surface area (Å²) in [4.78, 5) is 11.4. The number of hydrogen-bond acceptors (Lipinski definition) is 5. The van der Waals surface area contributed by atoms with E-state index in [0.717, 1.165) is 32.6 Å². The molecule has 0 amide bonds. The highest BCUT2D eigenvalue weighted by molar-refractivity contribution is 5.42. The zero-order chi connectivity index (χ0) is 12.4. The molecule has 18 heavy (non-hydrogen) atoms. The Kier molecular flexibility index (Phi) is 2.97. The molecule has 1 unspecified atom stereocenters. The SMILES string of the molecule is O=c1[nH]nc2ccc(NCCC3CCOC3)nn12. The average Bonchev–Trinajstić information content (AvgIpc) is 3.01. The minimum Gasteiger partial charge on any atom is -0.381 e. The van der Waals surface area contributed by atoms with Gasteiger partial charge in [0, 0.05) is 19.8 Å². The number of aromatic nitrogens is 4. The highest BCUT2D eigenvalue weighted by atomic mass is 16.5. The Morgan fingerprint density at radius 3 is 3.33 bits per heavy atom. The van der Waals surface area contributed by atoms with Crippen molar-refractivity contribution in [3.8, 4) is 0 Å². The highest BCUT2D eigenvalue weighted by Crippen LogP contribution is 2.16. The number of hydrogen-bond donors (Lipinski definition) is 2. The van der Waals surface area contributed by atoms with Crippen molar-refractivity contribution >= 4 is 11.5 Å². The van der Waals surface area contributed by atoms with E-state index in [0.29, 0.717) is 17.4 Å². The first-order valence-corrected chi connectivity index (χ1v) is 6.09. The molecular weight excluding hydrogens is 234 g/mol. The summed E-state index contributed by atoms with van der Waals surface area (Å²) in [6.45, 7) is 2.56. The van der Waals surface area contributed by atoms with Crippen molar-refractivity contribution in [2.75, 3.05) is 25.1 Å². The fourth-order valence-corrected chi connectivity index (χ4v) is 2.11. The fourth-order valence-electron chi connectivity index (χ4n) is 2.11. The van der Waals surface area contributed by atoms with Gasteiger partial charge in [-0.3, -0.25) is 0 Å². The van der Waals surface area contributed by atoms with Gasteiger partial charge in [0.15, 0.2) is 5.65 Å². The van der Waals surface area contributed by atoms with Crippen molar-refractivity contribution in [3.05, 3.63) is 22.6 Å². The number of aromatic amines is 1. The summed E-state index contributed by atoms with van der Waals surface area (Å²) in [5.41, 5.74) is 0.201. The van der Waals surface area contributed by atoms with Crippen molar-refractivity contribution < 1.29 is 4.74 Å². The second-order valence-electron chi connectivity index (χ2n) is 4.46. The minimum atomic E-state index is -0.321. The topological polar surface area (TPSA) is 84.3 Å². The van der Waals surface area contributed by atoms with Gasteiger partial charge in [-0.25, -0.2) is 9.89 Å². The minimum absolute atomic E-state index is 0.321. The third-order valence-corrected chi connectivity index (χ3v) is 3.16. The largest absolute Gasteiger partial charge is 0.381 e. The number of nitrogens with one attached hydrogen (secondary N) is 2. The Morgan fingerprint density at radius 2 is 2.50 bits per heavy atom. The molecule has 0 radical (unpaired) electrons. The van der Waals surface area contributed by atoms with Crippen LogP contribution in [0.1, 0.15) is 12.8 Å². The smallest absolute Gasteiger partial charge is 0.364 e. The molecule has 1 aliphatic heterocycles. The molecule has 0 saturated carbocycles. The Hall–Kier alpha value is -1.89. The van der Waals surface area contributed by atoms with E-state index < -0.39 is 0 Å². The maximum Gasteiger partial charge on any atom is 0.364 e. The third kappa shape index (κ3) is 2.21. The van der Waals surface area contributed by atoms with Gasteiger partial charge in [-0.1, -0.05) is 0 Å². The van der Waals surface area contributed by atoms with Crippen LogP contribution in [0.4, 0.5) is 5.82 Å². The molecule has 7 nitrogen and oxygen atoms in total. The predicted molar refractivity (Wildman–Crippen MR) is 65.6 cm³/mol. The van der Waals surface area contributed by atoms with E-state index in [1.54, 1.807) is 6.07 Å². The van der Waals surface area contributed by atoms with Crippen LogP contribution in [0, 0.1) is 5.92 Å². The maximum absolute atomic E-state index is 11.4. The van der Waals surface area contributed by atoms with E-state index in [1.165, 1.54) is 4.52 Å². The summed E-state index contributed by atoms with van der Waals surface area (Å²) >= 11 is 0. The molecule has 0 bridgehead atoms. The molecule has 2 N–H and O–H groups in total.